The van der Waals surface area contributed by atoms with Crippen molar-refractivity contribution in [3.05, 3.63) is 100 Å². The Balaban J connectivity index is 1.86. The zero-order valence-corrected chi connectivity index (χ0v) is 26.4. The Morgan fingerprint density at radius 3 is 2.00 bits per heavy atom. The van der Waals surface area contributed by atoms with Crippen molar-refractivity contribution in [2.24, 2.45) is 5.92 Å². The molecule has 0 aromatic heterocycles. The number of benzene rings is 3. The molecule has 3 unspecified atom stereocenters. The molecule has 0 spiro atoms. The Bertz CT molecular complexity index is 1560. The smallest absolute Gasteiger partial charge is 0.405 e. The Kier molecular flexibility index (Phi) is 12.7. The summed E-state index contributed by atoms with van der Waals surface area (Å²) < 4.78 is 73.0. The maximum Gasteiger partial charge on any atom is 0.405 e. The molecule has 0 aliphatic carbocycles. The van der Waals surface area contributed by atoms with Crippen molar-refractivity contribution in [2.75, 3.05) is 6.54 Å². The molecule has 3 atom stereocenters. The maximum absolute atomic E-state index is 14.7. The van der Waals surface area contributed by atoms with Crippen molar-refractivity contribution >= 4 is 46.7 Å². The number of nitrogens with one attached hydrogen (secondary N) is 3. The first-order valence-corrected chi connectivity index (χ1v) is 14.8. The van der Waals surface area contributed by atoms with Crippen LogP contribution in [0.3, 0.4) is 0 Å². The summed E-state index contributed by atoms with van der Waals surface area (Å²) in [4.78, 5) is 51.7. The molecule has 0 bridgehead atoms. The minimum atomic E-state index is -5.01. The molecule has 0 aliphatic heterocycles. The number of rotatable bonds is 14. The van der Waals surface area contributed by atoms with Crippen molar-refractivity contribution in [2.45, 2.75) is 50.6 Å². The molecule has 3 aromatic carbocycles. The van der Waals surface area contributed by atoms with Gasteiger partial charge in [0.25, 0.3) is 5.91 Å². The molecule has 8 nitrogen and oxygen atoms in total. The maximum atomic E-state index is 14.7. The molecule has 0 radical (unpaired) electrons. The van der Waals surface area contributed by atoms with Gasteiger partial charge < -0.3 is 20.7 Å². The zero-order chi connectivity index (χ0) is 34.9. The van der Waals surface area contributed by atoms with Gasteiger partial charge in [0, 0.05) is 10.0 Å². The van der Waals surface area contributed by atoms with Crippen molar-refractivity contribution in [1.82, 2.24) is 16.0 Å². The van der Waals surface area contributed by atoms with Crippen LogP contribution in [0.15, 0.2) is 78.9 Å². The second-order valence-corrected chi connectivity index (χ2v) is 11.6. The minimum Gasteiger partial charge on any atom is -0.485 e. The highest BCUT2D eigenvalue weighted by molar-refractivity contribution is 6.30. The number of hydrogen-bond donors (Lipinski definition) is 3. The first-order chi connectivity index (χ1) is 22.0. The lowest BCUT2D eigenvalue weighted by atomic mass is 9.94. The second-order valence-electron chi connectivity index (χ2n) is 10.7. The SMILES string of the molecule is CC(C)C(NC(=O)C(NC(=O)CC(Oc1cccc(Cl)c1)c1ccccc1)c1ccc(Cl)cc1)C(=O)C(F)(F)C(=O)NCC(F)(F)F. The predicted octanol–water partition coefficient (Wildman–Crippen LogP) is 6.38. The van der Waals surface area contributed by atoms with E-state index in [1.165, 1.54) is 38.1 Å². The number of ketones is 1. The van der Waals surface area contributed by atoms with Crippen molar-refractivity contribution in [1.29, 1.82) is 0 Å². The number of carbonyl (C=O) groups excluding carboxylic acids is 4. The van der Waals surface area contributed by atoms with Gasteiger partial charge in [0.05, 0.1) is 12.5 Å². The van der Waals surface area contributed by atoms with E-state index in [4.69, 9.17) is 27.9 Å². The normalized spacial score (nSPS) is 13.7. The van der Waals surface area contributed by atoms with Crippen LogP contribution in [-0.4, -0.2) is 48.2 Å². The van der Waals surface area contributed by atoms with Crippen LogP contribution in [0.25, 0.3) is 0 Å². The highest BCUT2D eigenvalue weighted by Gasteiger charge is 2.52. The molecule has 0 heterocycles. The van der Waals surface area contributed by atoms with Gasteiger partial charge in [-0.05, 0) is 47.4 Å². The predicted molar refractivity (Wildman–Crippen MR) is 164 cm³/mol. The van der Waals surface area contributed by atoms with Gasteiger partial charge in [-0.1, -0.05) is 85.6 Å². The molecule has 0 aliphatic rings. The third kappa shape index (κ3) is 10.9. The van der Waals surface area contributed by atoms with E-state index in [0.29, 0.717) is 16.3 Å². The highest BCUT2D eigenvalue weighted by Crippen LogP contribution is 2.28. The summed E-state index contributed by atoms with van der Waals surface area (Å²) in [6.45, 7) is 0.462. The van der Waals surface area contributed by atoms with E-state index in [9.17, 15) is 41.1 Å². The quantitative estimate of drug-likeness (QED) is 0.133. The van der Waals surface area contributed by atoms with Gasteiger partial charge in [-0.3, -0.25) is 19.2 Å². The summed E-state index contributed by atoms with van der Waals surface area (Å²) in [7, 11) is 0. The second kappa shape index (κ2) is 16.1. The lowest BCUT2D eigenvalue weighted by molar-refractivity contribution is -0.165. The van der Waals surface area contributed by atoms with Crippen LogP contribution < -0.4 is 20.7 Å². The molecule has 3 N–H and O–H groups in total. The molecule has 15 heteroatoms. The molecule has 3 aromatic rings. The minimum absolute atomic E-state index is 0.150. The largest absolute Gasteiger partial charge is 0.485 e. The Morgan fingerprint density at radius 1 is 0.787 bits per heavy atom. The van der Waals surface area contributed by atoms with E-state index in [2.05, 4.69) is 10.6 Å². The van der Waals surface area contributed by atoms with E-state index in [-0.39, 0.29) is 17.0 Å². The number of carbonyl (C=O) groups is 4. The van der Waals surface area contributed by atoms with Crippen LogP contribution in [0, 0.1) is 5.92 Å². The number of halogens is 7. The summed E-state index contributed by atoms with van der Waals surface area (Å²) in [5.41, 5.74) is 0.753. The first-order valence-electron chi connectivity index (χ1n) is 14.1. The molecule has 3 amide bonds. The number of amides is 3. The fourth-order valence-electron chi connectivity index (χ4n) is 4.31. The standard InChI is InChI=1S/C32H30Cl2F5N3O5/c1-18(2)26(28(44)32(38,39)30(46)40-17-31(35,36)37)42-29(45)27(20-11-13-21(33)14-12-20)41-25(43)16-24(19-7-4-3-5-8-19)47-23-10-6-9-22(34)15-23/h3-15,18,24,26-27H,16-17H2,1-2H3,(H,40,46)(H,41,43)(H,42,45). The first kappa shape index (κ1) is 37.2. The monoisotopic (exact) mass is 701 g/mol. The summed E-state index contributed by atoms with van der Waals surface area (Å²) in [6, 6.07) is 17.1. The van der Waals surface area contributed by atoms with Gasteiger partial charge in [0.1, 0.15) is 24.4 Å². The Labute approximate surface area is 276 Å². The van der Waals surface area contributed by atoms with Gasteiger partial charge in [-0.2, -0.15) is 22.0 Å². The van der Waals surface area contributed by atoms with Gasteiger partial charge in [0.15, 0.2) is 0 Å². The highest BCUT2D eigenvalue weighted by atomic mass is 35.5. The molecular weight excluding hydrogens is 672 g/mol. The van der Waals surface area contributed by atoms with Gasteiger partial charge in [-0.25, -0.2) is 0 Å². The lowest BCUT2D eigenvalue weighted by Gasteiger charge is -2.28. The fraction of sp³-hybridized carbons (Fsp3) is 0.312. The third-order valence-electron chi connectivity index (χ3n) is 6.68. The van der Waals surface area contributed by atoms with Crippen LogP contribution in [0.4, 0.5) is 22.0 Å². The van der Waals surface area contributed by atoms with E-state index >= 15 is 0 Å². The number of ether oxygens (including phenoxy) is 1. The van der Waals surface area contributed by atoms with Crippen LogP contribution >= 0.6 is 23.2 Å². The number of alkyl halides is 5. The molecule has 47 heavy (non-hydrogen) atoms. The van der Waals surface area contributed by atoms with Gasteiger partial charge in [-0.15, -0.1) is 0 Å². The summed E-state index contributed by atoms with van der Waals surface area (Å²) in [6.07, 6.45) is -6.22. The van der Waals surface area contributed by atoms with Crippen LogP contribution in [0.5, 0.6) is 5.75 Å². The molecule has 0 saturated heterocycles. The third-order valence-corrected chi connectivity index (χ3v) is 7.17. The average Bonchev–Trinajstić information content (AvgIpc) is 3.01. The fourth-order valence-corrected chi connectivity index (χ4v) is 4.62. The molecule has 0 saturated carbocycles. The van der Waals surface area contributed by atoms with Crippen LogP contribution in [0.2, 0.25) is 10.0 Å². The molecule has 3 rings (SSSR count). The van der Waals surface area contributed by atoms with E-state index in [1.54, 1.807) is 54.6 Å². The van der Waals surface area contributed by atoms with E-state index in [0.717, 1.165) is 5.32 Å². The Morgan fingerprint density at radius 2 is 1.43 bits per heavy atom. The summed E-state index contributed by atoms with van der Waals surface area (Å²) in [5.74, 6) is -12.1. The Hall–Kier alpha value is -4.23. The molecule has 252 valence electrons. The summed E-state index contributed by atoms with van der Waals surface area (Å²) in [5, 5.41) is 6.31. The number of Topliss-reactive ketones (excluding diaryl/α,β-unsaturated/α-hetero) is 1. The lowest BCUT2D eigenvalue weighted by Crippen LogP contribution is -2.58. The molecule has 0 fully saturated rings. The molecular formula is C32H30Cl2F5N3O5. The summed E-state index contributed by atoms with van der Waals surface area (Å²) >= 11 is 12.1. The zero-order valence-electron chi connectivity index (χ0n) is 24.9. The van der Waals surface area contributed by atoms with Crippen LogP contribution in [0.1, 0.15) is 43.5 Å². The average molecular weight is 703 g/mol. The van der Waals surface area contributed by atoms with Crippen LogP contribution in [-0.2, 0) is 19.2 Å². The topological polar surface area (TPSA) is 114 Å². The van der Waals surface area contributed by atoms with Gasteiger partial charge >= 0.3 is 12.1 Å². The van der Waals surface area contributed by atoms with Crippen molar-refractivity contribution in [3.63, 3.8) is 0 Å². The van der Waals surface area contributed by atoms with Crippen molar-refractivity contribution in [3.8, 4) is 5.75 Å². The van der Waals surface area contributed by atoms with E-state index < -0.39 is 66.3 Å². The van der Waals surface area contributed by atoms with Crippen molar-refractivity contribution < 1.29 is 45.9 Å². The van der Waals surface area contributed by atoms with Gasteiger partial charge in [0.2, 0.25) is 17.6 Å². The number of hydrogen-bond acceptors (Lipinski definition) is 5. The van der Waals surface area contributed by atoms with E-state index in [1.807, 2.05) is 0 Å².